The van der Waals surface area contributed by atoms with Crippen molar-refractivity contribution in [2.75, 3.05) is 26.3 Å². The fourth-order valence-electron chi connectivity index (χ4n) is 2.41. The van der Waals surface area contributed by atoms with Gasteiger partial charge in [0, 0.05) is 39.1 Å². The predicted octanol–water partition coefficient (Wildman–Crippen LogP) is 2.23. The van der Waals surface area contributed by atoms with Crippen LogP contribution >= 0.6 is 0 Å². The molecule has 1 rings (SSSR count). The lowest BCUT2D eigenvalue weighted by Gasteiger charge is -2.36. The molecule has 21 heavy (non-hydrogen) atoms. The third kappa shape index (κ3) is 5.19. The largest absolute Gasteiger partial charge is 0.480 e. The molecule has 1 saturated heterocycles. The van der Waals surface area contributed by atoms with Crippen LogP contribution in [0.3, 0.4) is 0 Å². The molecule has 0 aromatic carbocycles. The van der Waals surface area contributed by atoms with Crippen LogP contribution in [-0.2, 0) is 9.53 Å². The normalized spacial score (nSPS) is 17.2. The second kappa shape index (κ2) is 8.87. The van der Waals surface area contributed by atoms with Gasteiger partial charge in [0.25, 0.3) is 0 Å². The Kier molecular flexibility index (Phi) is 7.50. The molecule has 2 N–H and O–H groups in total. The minimum atomic E-state index is -1.17. The van der Waals surface area contributed by atoms with Crippen molar-refractivity contribution >= 4 is 12.0 Å². The maximum atomic E-state index is 12.4. The van der Waals surface area contributed by atoms with E-state index in [4.69, 9.17) is 4.74 Å². The Morgan fingerprint density at radius 2 is 1.67 bits per heavy atom. The molecule has 1 aliphatic rings. The van der Waals surface area contributed by atoms with Crippen LogP contribution < -0.4 is 5.32 Å². The Morgan fingerprint density at radius 1 is 1.14 bits per heavy atom. The van der Waals surface area contributed by atoms with E-state index in [9.17, 15) is 14.7 Å². The summed E-state index contributed by atoms with van der Waals surface area (Å²) in [5.74, 6) is -0.968. The number of nitrogens with one attached hydrogen (secondary N) is 1. The van der Waals surface area contributed by atoms with E-state index in [0.717, 1.165) is 25.7 Å². The van der Waals surface area contributed by atoms with Crippen LogP contribution in [0.15, 0.2) is 0 Å². The summed E-state index contributed by atoms with van der Waals surface area (Å²) in [6, 6.07) is -0.263. The van der Waals surface area contributed by atoms with Gasteiger partial charge in [-0.1, -0.05) is 26.7 Å². The van der Waals surface area contributed by atoms with Crippen molar-refractivity contribution in [1.82, 2.24) is 10.2 Å². The number of carboxylic acid groups (broad SMARTS) is 1. The monoisotopic (exact) mass is 300 g/mol. The van der Waals surface area contributed by atoms with E-state index in [1.165, 1.54) is 0 Å². The maximum absolute atomic E-state index is 12.4. The highest BCUT2D eigenvalue weighted by Gasteiger charge is 2.42. The number of aliphatic carboxylic acids is 1. The molecule has 2 amide bonds. The zero-order valence-electron chi connectivity index (χ0n) is 13.2. The summed E-state index contributed by atoms with van der Waals surface area (Å²) in [4.78, 5) is 25.8. The summed E-state index contributed by atoms with van der Waals surface area (Å²) in [7, 11) is 0. The number of unbranched alkanes of at least 4 members (excludes halogenated alkanes) is 2. The summed E-state index contributed by atoms with van der Waals surface area (Å²) in [6.45, 7) is 6.25. The molecule has 1 aliphatic heterocycles. The van der Waals surface area contributed by atoms with Crippen LogP contribution in [0.4, 0.5) is 4.79 Å². The first kappa shape index (κ1) is 17.8. The van der Waals surface area contributed by atoms with Gasteiger partial charge in [-0.15, -0.1) is 0 Å². The van der Waals surface area contributed by atoms with Crippen LogP contribution in [0.25, 0.3) is 0 Å². The summed E-state index contributed by atoms with van der Waals surface area (Å²) in [6.07, 6.45) is 4.52. The SMILES string of the molecule is CCCCN(CCCC)C(=O)NC1(C(=O)O)CCOCC1. The number of carboxylic acids is 1. The molecule has 6 nitrogen and oxygen atoms in total. The first-order valence-corrected chi connectivity index (χ1v) is 7.94. The lowest BCUT2D eigenvalue weighted by atomic mass is 9.90. The molecule has 1 heterocycles. The summed E-state index contributed by atoms with van der Waals surface area (Å²) < 4.78 is 5.22. The van der Waals surface area contributed by atoms with Gasteiger partial charge in [-0.25, -0.2) is 9.59 Å². The molecular weight excluding hydrogens is 272 g/mol. The summed E-state index contributed by atoms with van der Waals surface area (Å²) in [5, 5.41) is 12.2. The molecule has 0 spiro atoms. The van der Waals surface area contributed by atoms with Crippen molar-refractivity contribution in [3.8, 4) is 0 Å². The Morgan fingerprint density at radius 3 is 2.10 bits per heavy atom. The van der Waals surface area contributed by atoms with E-state index >= 15 is 0 Å². The molecule has 0 radical (unpaired) electrons. The van der Waals surface area contributed by atoms with Crippen molar-refractivity contribution < 1.29 is 19.4 Å². The highest BCUT2D eigenvalue weighted by Crippen LogP contribution is 2.21. The van der Waals surface area contributed by atoms with Crippen molar-refractivity contribution in [2.24, 2.45) is 0 Å². The van der Waals surface area contributed by atoms with Crippen LogP contribution in [0.5, 0.6) is 0 Å². The van der Waals surface area contributed by atoms with Gasteiger partial charge in [0.1, 0.15) is 5.54 Å². The van der Waals surface area contributed by atoms with Crippen LogP contribution in [0, 0.1) is 0 Å². The average Bonchev–Trinajstić information content (AvgIpc) is 2.48. The van der Waals surface area contributed by atoms with Gasteiger partial charge in [-0.3, -0.25) is 0 Å². The number of hydrogen-bond acceptors (Lipinski definition) is 3. The molecule has 0 atom stereocenters. The Balaban J connectivity index is 2.69. The number of amides is 2. The standard InChI is InChI=1S/C15H28N2O4/c1-3-5-9-17(10-6-4-2)14(20)16-15(13(18)19)7-11-21-12-8-15/h3-12H2,1-2H3,(H,16,20)(H,18,19). The van der Waals surface area contributed by atoms with E-state index < -0.39 is 11.5 Å². The molecule has 122 valence electrons. The third-order valence-corrected chi connectivity index (χ3v) is 3.95. The van der Waals surface area contributed by atoms with E-state index in [2.05, 4.69) is 19.2 Å². The number of carbonyl (C=O) groups is 2. The third-order valence-electron chi connectivity index (χ3n) is 3.95. The molecule has 6 heteroatoms. The highest BCUT2D eigenvalue weighted by molar-refractivity contribution is 5.86. The fourth-order valence-corrected chi connectivity index (χ4v) is 2.41. The van der Waals surface area contributed by atoms with Gasteiger partial charge >= 0.3 is 12.0 Å². The van der Waals surface area contributed by atoms with Gasteiger partial charge in [-0.2, -0.15) is 0 Å². The van der Waals surface area contributed by atoms with Gasteiger partial charge in [0.05, 0.1) is 0 Å². The van der Waals surface area contributed by atoms with Crippen molar-refractivity contribution in [1.29, 1.82) is 0 Å². The van der Waals surface area contributed by atoms with Crippen molar-refractivity contribution in [2.45, 2.75) is 57.9 Å². The Hall–Kier alpha value is -1.30. The van der Waals surface area contributed by atoms with Gasteiger partial charge in [0.2, 0.25) is 0 Å². The quantitative estimate of drug-likeness (QED) is 0.720. The lowest BCUT2D eigenvalue weighted by molar-refractivity contribution is -0.148. The minimum Gasteiger partial charge on any atom is -0.480 e. The first-order chi connectivity index (χ1) is 10.1. The van der Waals surface area contributed by atoms with Gasteiger partial charge in [0.15, 0.2) is 0 Å². The lowest BCUT2D eigenvalue weighted by Crippen LogP contribution is -2.60. The first-order valence-electron chi connectivity index (χ1n) is 7.94. The van der Waals surface area contributed by atoms with Crippen molar-refractivity contribution in [3.05, 3.63) is 0 Å². The number of nitrogens with zero attached hydrogens (tertiary/aromatic N) is 1. The van der Waals surface area contributed by atoms with Crippen LogP contribution in [-0.4, -0.2) is 53.8 Å². The summed E-state index contributed by atoms with van der Waals surface area (Å²) >= 11 is 0. The van der Waals surface area contributed by atoms with Crippen LogP contribution in [0.1, 0.15) is 52.4 Å². The number of ether oxygens (including phenoxy) is 1. The molecular formula is C15H28N2O4. The topological polar surface area (TPSA) is 78.9 Å². The number of rotatable bonds is 8. The van der Waals surface area contributed by atoms with E-state index in [1.54, 1.807) is 4.90 Å². The molecule has 0 unspecified atom stereocenters. The van der Waals surface area contributed by atoms with Gasteiger partial charge < -0.3 is 20.1 Å². The molecule has 1 fully saturated rings. The molecule has 0 aromatic rings. The smallest absolute Gasteiger partial charge is 0.329 e. The number of carbonyl (C=O) groups excluding carboxylic acids is 1. The second-order valence-corrected chi connectivity index (χ2v) is 5.62. The second-order valence-electron chi connectivity index (χ2n) is 5.62. The molecule has 0 aliphatic carbocycles. The van der Waals surface area contributed by atoms with Crippen LogP contribution in [0.2, 0.25) is 0 Å². The molecule has 0 aromatic heterocycles. The number of hydrogen-bond donors (Lipinski definition) is 2. The zero-order valence-corrected chi connectivity index (χ0v) is 13.2. The number of urea groups is 1. The zero-order chi connectivity index (χ0) is 15.7. The van der Waals surface area contributed by atoms with E-state index in [0.29, 0.717) is 39.1 Å². The highest BCUT2D eigenvalue weighted by atomic mass is 16.5. The van der Waals surface area contributed by atoms with Gasteiger partial charge in [-0.05, 0) is 12.8 Å². The Labute approximate surface area is 126 Å². The van der Waals surface area contributed by atoms with E-state index in [-0.39, 0.29) is 6.03 Å². The average molecular weight is 300 g/mol. The fraction of sp³-hybridized carbons (Fsp3) is 0.867. The summed E-state index contributed by atoms with van der Waals surface area (Å²) in [5.41, 5.74) is -1.17. The maximum Gasteiger partial charge on any atom is 0.329 e. The predicted molar refractivity (Wildman–Crippen MR) is 80.3 cm³/mol. The Bertz CT molecular complexity index is 333. The minimum absolute atomic E-state index is 0.263. The molecule has 0 bridgehead atoms. The molecule has 0 saturated carbocycles. The van der Waals surface area contributed by atoms with Crippen molar-refractivity contribution in [3.63, 3.8) is 0 Å². The van der Waals surface area contributed by atoms with E-state index in [1.807, 2.05) is 0 Å².